The lowest BCUT2D eigenvalue weighted by molar-refractivity contribution is 0.265. The lowest BCUT2D eigenvalue weighted by Crippen LogP contribution is -2.35. The maximum absolute atomic E-state index is 13.0. The quantitative estimate of drug-likeness (QED) is 0.657. The molecule has 0 radical (unpaired) electrons. The maximum Gasteiger partial charge on any atom is 0.241 e. The summed E-state index contributed by atoms with van der Waals surface area (Å²) >= 11 is 0. The van der Waals surface area contributed by atoms with Crippen LogP contribution < -0.4 is 10.5 Å². The first kappa shape index (κ1) is 12.9. The van der Waals surface area contributed by atoms with E-state index in [-0.39, 0.29) is 17.2 Å². The largest absolute Gasteiger partial charge is 0.399 e. The molecule has 0 heterocycles. The number of nitrogen functional groups attached to an aromatic ring is 1. The number of benzene rings is 1. The van der Waals surface area contributed by atoms with Crippen molar-refractivity contribution >= 4 is 15.7 Å². The van der Waals surface area contributed by atoms with Gasteiger partial charge in [0.2, 0.25) is 10.0 Å². The van der Waals surface area contributed by atoms with E-state index in [2.05, 4.69) is 4.72 Å². The van der Waals surface area contributed by atoms with Gasteiger partial charge in [-0.25, -0.2) is 17.5 Å². The summed E-state index contributed by atoms with van der Waals surface area (Å²) in [5, 5.41) is 8.73. The van der Waals surface area contributed by atoms with Crippen LogP contribution in [0.15, 0.2) is 23.1 Å². The van der Waals surface area contributed by atoms with Crippen molar-refractivity contribution in [2.45, 2.75) is 17.9 Å². The zero-order valence-corrected chi connectivity index (χ0v) is 9.46. The van der Waals surface area contributed by atoms with Crippen molar-refractivity contribution in [3.05, 3.63) is 24.0 Å². The molecule has 1 unspecified atom stereocenters. The summed E-state index contributed by atoms with van der Waals surface area (Å²) in [6, 6.07) is 2.39. The van der Waals surface area contributed by atoms with Crippen molar-refractivity contribution < 1.29 is 17.9 Å². The summed E-state index contributed by atoms with van der Waals surface area (Å²) < 4.78 is 38.5. The first-order chi connectivity index (χ1) is 7.35. The van der Waals surface area contributed by atoms with Crippen LogP contribution in [-0.2, 0) is 10.0 Å². The third kappa shape index (κ3) is 3.16. The van der Waals surface area contributed by atoms with E-state index >= 15 is 0 Å². The van der Waals surface area contributed by atoms with Crippen LogP contribution in [0.4, 0.5) is 10.1 Å². The highest BCUT2D eigenvalue weighted by Gasteiger charge is 2.18. The molecule has 0 aliphatic heterocycles. The van der Waals surface area contributed by atoms with E-state index in [0.717, 1.165) is 18.2 Å². The zero-order valence-electron chi connectivity index (χ0n) is 8.64. The number of nitrogens with one attached hydrogen (secondary N) is 1. The Morgan fingerprint density at radius 3 is 2.62 bits per heavy atom. The maximum atomic E-state index is 13.0. The van der Waals surface area contributed by atoms with Crippen LogP contribution in [0.1, 0.15) is 6.92 Å². The number of halogens is 1. The third-order valence-electron chi connectivity index (χ3n) is 1.83. The van der Waals surface area contributed by atoms with Gasteiger partial charge in [0.05, 0.1) is 11.5 Å². The van der Waals surface area contributed by atoms with Crippen molar-refractivity contribution in [2.24, 2.45) is 0 Å². The molecule has 5 nitrogen and oxygen atoms in total. The highest BCUT2D eigenvalue weighted by atomic mass is 32.2. The predicted molar refractivity (Wildman–Crippen MR) is 57.7 cm³/mol. The van der Waals surface area contributed by atoms with Crippen LogP contribution >= 0.6 is 0 Å². The van der Waals surface area contributed by atoms with Gasteiger partial charge in [-0.3, -0.25) is 0 Å². The van der Waals surface area contributed by atoms with Crippen LogP contribution in [0, 0.1) is 5.82 Å². The summed E-state index contributed by atoms with van der Waals surface area (Å²) in [6.07, 6.45) is 0. The first-order valence-corrected chi connectivity index (χ1v) is 6.02. The van der Waals surface area contributed by atoms with Gasteiger partial charge in [0.1, 0.15) is 5.82 Å². The Labute approximate surface area is 93.1 Å². The summed E-state index contributed by atoms with van der Waals surface area (Å²) in [5.74, 6) is -0.725. The molecule has 90 valence electrons. The fraction of sp³-hybridized carbons (Fsp3) is 0.333. The average Bonchev–Trinajstić information content (AvgIpc) is 2.15. The number of hydrogen-bond acceptors (Lipinski definition) is 4. The van der Waals surface area contributed by atoms with Gasteiger partial charge < -0.3 is 10.8 Å². The van der Waals surface area contributed by atoms with Crippen molar-refractivity contribution in [2.75, 3.05) is 12.3 Å². The fourth-order valence-electron chi connectivity index (χ4n) is 1.11. The molecule has 1 aromatic rings. The predicted octanol–water partition coefficient (Wildman–Crippen LogP) is 0.0670. The van der Waals surface area contributed by atoms with Crippen LogP contribution in [-0.4, -0.2) is 26.2 Å². The number of hydrogen-bond donors (Lipinski definition) is 3. The highest BCUT2D eigenvalue weighted by molar-refractivity contribution is 7.89. The Hall–Kier alpha value is -1.18. The lowest BCUT2D eigenvalue weighted by Gasteiger charge is -2.11. The molecule has 0 aromatic heterocycles. The number of sulfonamides is 1. The van der Waals surface area contributed by atoms with E-state index < -0.39 is 21.9 Å². The molecule has 0 aliphatic rings. The molecule has 0 spiro atoms. The van der Waals surface area contributed by atoms with Gasteiger partial charge in [-0.15, -0.1) is 0 Å². The third-order valence-corrected chi connectivity index (χ3v) is 3.40. The summed E-state index contributed by atoms with van der Waals surface area (Å²) in [4.78, 5) is -0.259. The molecular weight excluding hydrogens is 235 g/mol. The lowest BCUT2D eigenvalue weighted by atomic mass is 10.3. The second-order valence-corrected chi connectivity index (χ2v) is 5.14. The van der Waals surface area contributed by atoms with E-state index in [4.69, 9.17) is 10.8 Å². The van der Waals surface area contributed by atoms with Crippen molar-refractivity contribution in [3.8, 4) is 0 Å². The molecule has 0 amide bonds. The second kappa shape index (κ2) is 4.77. The number of anilines is 1. The average molecular weight is 248 g/mol. The molecule has 4 N–H and O–H groups in total. The standard InChI is InChI=1S/C9H13FN2O3S/c1-6(5-13)12-16(14,15)9-3-7(10)2-8(11)4-9/h2-4,6,12-13H,5,11H2,1H3. The molecule has 1 atom stereocenters. The molecule has 0 bridgehead atoms. The van der Waals surface area contributed by atoms with Crippen LogP contribution in [0.3, 0.4) is 0 Å². The summed E-state index contributed by atoms with van der Waals surface area (Å²) in [7, 11) is -3.85. The number of aliphatic hydroxyl groups is 1. The van der Waals surface area contributed by atoms with Crippen molar-refractivity contribution in [3.63, 3.8) is 0 Å². The van der Waals surface area contributed by atoms with E-state index in [1.807, 2.05) is 0 Å². The van der Waals surface area contributed by atoms with Crippen LogP contribution in [0.2, 0.25) is 0 Å². The Kier molecular flexibility index (Phi) is 3.84. The Bertz CT molecular complexity index is 455. The Balaban J connectivity index is 3.07. The van der Waals surface area contributed by atoms with Gasteiger partial charge in [0.25, 0.3) is 0 Å². The Morgan fingerprint density at radius 2 is 2.12 bits per heavy atom. The number of aliphatic hydroxyl groups excluding tert-OH is 1. The molecule has 0 saturated carbocycles. The minimum absolute atomic E-state index is 0.0250. The van der Waals surface area contributed by atoms with Gasteiger partial charge in [-0.05, 0) is 25.1 Å². The van der Waals surface area contributed by atoms with E-state index in [0.29, 0.717) is 0 Å². The van der Waals surface area contributed by atoms with Crippen molar-refractivity contribution in [1.82, 2.24) is 4.72 Å². The summed E-state index contributed by atoms with van der Waals surface area (Å²) in [6.45, 7) is 1.14. The van der Waals surface area contributed by atoms with Gasteiger partial charge in [0, 0.05) is 11.7 Å². The van der Waals surface area contributed by atoms with Gasteiger partial charge in [-0.1, -0.05) is 0 Å². The molecule has 0 aliphatic carbocycles. The number of rotatable bonds is 4. The molecule has 7 heteroatoms. The Morgan fingerprint density at radius 1 is 1.50 bits per heavy atom. The normalized spacial score (nSPS) is 13.7. The second-order valence-electron chi connectivity index (χ2n) is 3.43. The zero-order chi connectivity index (χ0) is 12.3. The monoisotopic (exact) mass is 248 g/mol. The van der Waals surface area contributed by atoms with E-state index in [9.17, 15) is 12.8 Å². The SMILES string of the molecule is CC(CO)NS(=O)(=O)c1cc(N)cc(F)c1. The highest BCUT2D eigenvalue weighted by Crippen LogP contribution is 2.15. The van der Waals surface area contributed by atoms with Gasteiger partial charge in [0.15, 0.2) is 0 Å². The first-order valence-electron chi connectivity index (χ1n) is 4.54. The minimum atomic E-state index is -3.85. The van der Waals surface area contributed by atoms with Crippen LogP contribution in [0.25, 0.3) is 0 Å². The van der Waals surface area contributed by atoms with Crippen LogP contribution in [0.5, 0.6) is 0 Å². The molecule has 1 aromatic carbocycles. The topological polar surface area (TPSA) is 92.4 Å². The van der Waals surface area contributed by atoms with E-state index in [1.165, 1.54) is 6.92 Å². The van der Waals surface area contributed by atoms with Gasteiger partial charge >= 0.3 is 0 Å². The van der Waals surface area contributed by atoms with Gasteiger partial charge in [-0.2, -0.15) is 0 Å². The molecule has 16 heavy (non-hydrogen) atoms. The molecule has 0 fully saturated rings. The van der Waals surface area contributed by atoms with Crippen molar-refractivity contribution in [1.29, 1.82) is 0 Å². The fourth-order valence-corrected chi connectivity index (χ4v) is 2.41. The van der Waals surface area contributed by atoms with E-state index in [1.54, 1.807) is 0 Å². The smallest absolute Gasteiger partial charge is 0.241 e. The molecule has 0 saturated heterocycles. The minimum Gasteiger partial charge on any atom is -0.399 e. The molecule has 1 rings (SSSR count). The summed E-state index contributed by atoms with van der Waals surface area (Å²) in [5.41, 5.74) is 5.36. The molecular formula is C9H13FN2O3S. The number of nitrogens with two attached hydrogens (primary N) is 1.